The molecule has 9 nitrogen and oxygen atoms in total. The molecule has 28 heavy (non-hydrogen) atoms. The molecule has 0 unspecified atom stereocenters. The molecule has 0 spiro atoms. The van der Waals surface area contributed by atoms with Gasteiger partial charge in [-0.15, -0.1) is 0 Å². The number of nitrogens with zero attached hydrogens (tertiary/aromatic N) is 2. The van der Waals surface area contributed by atoms with E-state index >= 15 is 0 Å². The minimum absolute atomic E-state index is 0.114. The number of aromatic nitrogens is 2. The maximum absolute atomic E-state index is 12.2. The van der Waals surface area contributed by atoms with E-state index in [1.165, 1.54) is 19.3 Å². The van der Waals surface area contributed by atoms with Gasteiger partial charge in [0.1, 0.15) is 11.6 Å². The smallest absolute Gasteiger partial charge is 0.444 e. The van der Waals surface area contributed by atoms with Gasteiger partial charge in [-0.3, -0.25) is 10.1 Å². The molecule has 2 N–H and O–H groups in total. The molecular formula is C18H29BN4O5. The molecule has 2 rings (SSSR count). The first kappa shape index (κ1) is 22.1. The molecule has 1 aliphatic rings. The molecule has 1 aromatic heterocycles. The Morgan fingerprint density at radius 3 is 2.07 bits per heavy atom. The Balaban J connectivity index is 1.94. The second-order valence-corrected chi connectivity index (χ2v) is 8.79. The standard InChI is InChI=1S/C18H29BN4O5/c1-11(22-15(25)26-16(2,3)4)13(24)23-14-20-9-12(10-21-14)19-27-17(5,6)18(7,8)28-19/h9-11H,1-8H3,(H,22,25)(H,20,21,23,24)/t11-/m0/s1. The first-order valence-electron chi connectivity index (χ1n) is 9.18. The summed E-state index contributed by atoms with van der Waals surface area (Å²) in [6.07, 6.45) is 2.40. The number of ether oxygens (including phenoxy) is 1. The quantitative estimate of drug-likeness (QED) is 0.749. The predicted octanol–water partition coefficient (Wildman–Crippen LogP) is 1.63. The molecule has 2 heterocycles. The van der Waals surface area contributed by atoms with Gasteiger partial charge in [0.05, 0.1) is 11.2 Å². The van der Waals surface area contributed by atoms with Crippen molar-refractivity contribution in [1.82, 2.24) is 15.3 Å². The number of alkyl carbamates (subject to hydrolysis) is 1. The number of hydrogen-bond donors (Lipinski definition) is 2. The Morgan fingerprint density at radius 1 is 1.11 bits per heavy atom. The van der Waals surface area contributed by atoms with Crippen molar-refractivity contribution in [2.24, 2.45) is 0 Å². The summed E-state index contributed by atoms with van der Waals surface area (Å²) < 4.78 is 17.0. The number of carbonyl (C=O) groups is 2. The SMILES string of the molecule is C[C@H](NC(=O)OC(C)(C)C)C(=O)Nc1ncc(B2OC(C)(C)C(C)(C)O2)cn1. The molecule has 1 atom stereocenters. The Bertz CT molecular complexity index is 714. The third-order valence-electron chi connectivity index (χ3n) is 4.56. The summed E-state index contributed by atoms with van der Waals surface area (Å²) in [5.74, 6) is -0.350. The number of rotatable bonds is 4. The molecule has 0 saturated carbocycles. The summed E-state index contributed by atoms with van der Waals surface area (Å²) in [6, 6.07) is -0.818. The number of amides is 2. The van der Waals surface area contributed by atoms with E-state index in [1.807, 2.05) is 27.7 Å². The van der Waals surface area contributed by atoms with Crippen molar-refractivity contribution in [1.29, 1.82) is 0 Å². The highest BCUT2D eigenvalue weighted by Crippen LogP contribution is 2.36. The van der Waals surface area contributed by atoms with Crippen LogP contribution in [-0.2, 0) is 18.8 Å². The number of carbonyl (C=O) groups excluding carboxylic acids is 2. The van der Waals surface area contributed by atoms with Crippen molar-refractivity contribution in [2.75, 3.05) is 5.32 Å². The second kappa shape index (κ2) is 7.67. The van der Waals surface area contributed by atoms with Crippen LogP contribution in [-0.4, -0.2) is 51.9 Å². The summed E-state index contributed by atoms with van der Waals surface area (Å²) in [6.45, 7) is 14.6. The molecule has 1 aromatic rings. The fourth-order valence-corrected chi connectivity index (χ4v) is 2.27. The zero-order valence-electron chi connectivity index (χ0n) is 17.7. The molecule has 1 aliphatic heterocycles. The maximum Gasteiger partial charge on any atom is 0.498 e. The van der Waals surface area contributed by atoms with Gasteiger partial charge < -0.3 is 19.4 Å². The van der Waals surface area contributed by atoms with Gasteiger partial charge in [0.25, 0.3) is 0 Å². The van der Waals surface area contributed by atoms with Crippen molar-refractivity contribution in [2.45, 2.75) is 78.2 Å². The van der Waals surface area contributed by atoms with Crippen LogP contribution in [0.25, 0.3) is 0 Å². The fourth-order valence-electron chi connectivity index (χ4n) is 2.27. The van der Waals surface area contributed by atoms with Crippen LogP contribution in [0.3, 0.4) is 0 Å². The van der Waals surface area contributed by atoms with Crippen LogP contribution < -0.4 is 16.1 Å². The average molecular weight is 392 g/mol. The van der Waals surface area contributed by atoms with Gasteiger partial charge in [-0.1, -0.05) is 0 Å². The van der Waals surface area contributed by atoms with Gasteiger partial charge in [0, 0.05) is 17.9 Å². The van der Waals surface area contributed by atoms with Crippen LogP contribution in [0.2, 0.25) is 0 Å². The van der Waals surface area contributed by atoms with Crippen LogP contribution in [0, 0.1) is 0 Å². The van der Waals surface area contributed by atoms with Gasteiger partial charge in [-0.25, -0.2) is 14.8 Å². The molecule has 1 fully saturated rings. The summed E-state index contributed by atoms with van der Waals surface area (Å²) in [5.41, 5.74) is -0.926. The van der Waals surface area contributed by atoms with Gasteiger partial charge in [0.2, 0.25) is 11.9 Å². The normalized spacial score (nSPS) is 19.1. The van der Waals surface area contributed by atoms with E-state index in [0.29, 0.717) is 5.46 Å². The Morgan fingerprint density at radius 2 is 1.61 bits per heavy atom. The minimum Gasteiger partial charge on any atom is -0.444 e. The largest absolute Gasteiger partial charge is 0.498 e. The molecule has 0 aromatic carbocycles. The topological polar surface area (TPSA) is 112 Å². The molecule has 0 aliphatic carbocycles. The van der Waals surface area contributed by atoms with Crippen molar-refractivity contribution in [3.63, 3.8) is 0 Å². The summed E-state index contributed by atoms with van der Waals surface area (Å²) in [5, 5.41) is 5.01. The lowest BCUT2D eigenvalue weighted by Crippen LogP contribution is -2.44. The third kappa shape index (κ3) is 5.42. The molecule has 1 saturated heterocycles. The highest BCUT2D eigenvalue weighted by molar-refractivity contribution is 6.61. The van der Waals surface area contributed by atoms with E-state index in [2.05, 4.69) is 20.6 Å². The van der Waals surface area contributed by atoms with Crippen molar-refractivity contribution >= 4 is 30.5 Å². The monoisotopic (exact) mass is 392 g/mol. The summed E-state index contributed by atoms with van der Waals surface area (Å²) in [4.78, 5) is 32.2. The number of nitrogens with one attached hydrogen (secondary N) is 2. The zero-order valence-corrected chi connectivity index (χ0v) is 17.7. The highest BCUT2D eigenvalue weighted by Gasteiger charge is 2.51. The van der Waals surface area contributed by atoms with Gasteiger partial charge in [0.15, 0.2) is 0 Å². The van der Waals surface area contributed by atoms with Gasteiger partial charge in [-0.2, -0.15) is 0 Å². The van der Waals surface area contributed by atoms with Crippen LogP contribution in [0.1, 0.15) is 55.4 Å². The van der Waals surface area contributed by atoms with E-state index in [9.17, 15) is 9.59 Å². The highest BCUT2D eigenvalue weighted by atomic mass is 16.7. The van der Waals surface area contributed by atoms with Gasteiger partial charge in [-0.05, 0) is 55.4 Å². The average Bonchev–Trinajstić information content (AvgIpc) is 2.74. The Kier molecular flexibility index (Phi) is 6.05. The fraction of sp³-hybridized carbons (Fsp3) is 0.667. The van der Waals surface area contributed by atoms with Crippen LogP contribution in [0.5, 0.6) is 0 Å². The second-order valence-electron chi connectivity index (χ2n) is 8.79. The lowest BCUT2D eigenvalue weighted by atomic mass is 9.81. The molecule has 0 radical (unpaired) electrons. The lowest BCUT2D eigenvalue weighted by molar-refractivity contribution is -0.117. The van der Waals surface area contributed by atoms with E-state index in [-0.39, 0.29) is 5.95 Å². The number of hydrogen-bond acceptors (Lipinski definition) is 7. The van der Waals surface area contributed by atoms with E-state index in [4.69, 9.17) is 14.0 Å². The maximum atomic E-state index is 12.2. The molecule has 2 amide bonds. The predicted molar refractivity (Wildman–Crippen MR) is 105 cm³/mol. The molecule has 0 bridgehead atoms. The molecule has 10 heteroatoms. The van der Waals surface area contributed by atoms with Crippen molar-refractivity contribution in [3.05, 3.63) is 12.4 Å². The third-order valence-corrected chi connectivity index (χ3v) is 4.56. The van der Waals surface area contributed by atoms with Crippen LogP contribution in [0.15, 0.2) is 12.4 Å². The minimum atomic E-state index is -0.818. The van der Waals surface area contributed by atoms with Crippen molar-refractivity contribution < 1.29 is 23.6 Å². The number of anilines is 1. The first-order valence-corrected chi connectivity index (χ1v) is 9.18. The van der Waals surface area contributed by atoms with E-state index in [0.717, 1.165) is 0 Å². The Labute approximate surface area is 166 Å². The molecular weight excluding hydrogens is 363 g/mol. The van der Waals surface area contributed by atoms with Crippen LogP contribution in [0.4, 0.5) is 10.7 Å². The first-order chi connectivity index (χ1) is 12.7. The summed E-state index contributed by atoms with van der Waals surface area (Å²) in [7, 11) is -0.581. The van der Waals surface area contributed by atoms with Crippen LogP contribution >= 0.6 is 0 Å². The van der Waals surface area contributed by atoms with Crippen molar-refractivity contribution in [3.8, 4) is 0 Å². The van der Waals surface area contributed by atoms with E-state index in [1.54, 1.807) is 20.8 Å². The lowest BCUT2D eigenvalue weighted by Gasteiger charge is -2.32. The zero-order chi connectivity index (χ0) is 21.3. The van der Waals surface area contributed by atoms with E-state index < -0.39 is 42.0 Å². The van der Waals surface area contributed by atoms with Gasteiger partial charge >= 0.3 is 13.2 Å². The Hall–Kier alpha value is -2.20. The summed E-state index contributed by atoms with van der Waals surface area (Å²) >= 11 is 0. The molecule has 154 valence electrons.